The number of likely N-dealkylation sites (tertiary alicyclic amines) is 1. The summed E-state index contributed by atoms with van der Waals surface area (Å²) >= 11 is 11.5. The molecule has 0 aliphatic carbocycles. The Hall–Kier alpha value is -1.24. The number of piperidine rings is 1. The minimum Gasteiger partial charge on any atom is -0.495 e. The minimum atomic E-state index is 0.499. The molecule has 0 aromatic heterocycles. The summed E-state index contributed by atoms with van der Waals surface area (Å²) in [7, 11) is 5.33. The maximum atomic E-state index is 6.11. The van der Waals surface area contributed by atoms with Gasteiger partial charge >= 0.3 is 0 Å². The number of nitrogens with zero attached hydrogens (tertiary/aromatic N) is 1. The Morgan fingerprint density at radius 1 is 1.35 bits per heavy atom. The number of nitrogens with one attached hydrogen (secondary N) is 2. The van der Waals surface area contributed by atoms with Crippen LogP contribution < -0.4 is 20.1 Å². The van der Waals surface area contributed by atoms with Crippen LogP contribution in [0.3, 0.4) is 0 Å². The minimum absolute atomic E-state index is 0.499. The average Bonchev–Trinajstić information content (AvgIpc) is 2.54. The molecule has 0 radical (unpaired) electrons. The molecule has 1 aliphatic heterocycles. The number of hydrogen-bond donors (Lipinski definition) is 2. The SMILES string of the molecule is COc1cc(NC(=S)NCC2CCCN(C)C2)c(OC)cc1Cl. The Labute approximate surface area is 148 Å². The monoisotopic (exact) mass is 357 g/mol. The number of methoxy groups -OCH3 is 2. The van der Waals surface area contributed by atoms with Gasteiger partial charge in [-0.2, -0.15) is 0 Å². The van der Waals surface area contributed by atoms with Crippen LogP contribution in [0.4, 0.5) is 5.69 Å². The van der Waals surface area contributed by atoms with Crippen LogP contribution in [0.2, 0.25) is 5.02 Å². The van der Waals surface area contributed by atoms with Crippen molar-refractivity contribution in [3.8, 4) is 11.5 Å². The molecule has 1 fully saturated rings. The molecule has 1 unspecified atom stereocenters. The van der Waals surface area contributed by atoms with Crippen molar-refractivity contribution >= 4 is 34.6 Å². The van der Waals surface area contributed by atoms with Gasteiger partial charge in [-0.1, -0.05) is 11.6 Å². The molecule has 1 aromatic carbocycles. The quantitative estimate of drug-likeness (QED) is 0.790. The summed E-state index contributed by atoms with van der Waals surface area (Å²) in [6, 6.07) is 3.49. The Kier molecular flexibility index (Phi) is 6.74. The van der Waals surface area contributed by atoms with Crippen molar-refractivity contribution in [2.24, 2.45) is 5.92 Å². The Morgan fingerprint density at radius 3 is 2.74 bits per heavy atom. The standard InChI is InChI=1S/C16H24ClN3O2S/c1-20-6-4-5-11(10-20)9-18-16(23)19-13-8-14(21-2)12(17)7-15(13)22-3/h7-8,11H,4-6,9-10H2,1-3H3,(H2,18,19,23). The zero-order valence-corrected chi connectivity index (χ0v) is 15.4. The van der Waals surface area contributed by atoms with Gasteiger partial charge in [0.1, 0.15) is 11.5 Å². The van der Waals surface area contributed by atoms with E-state index in [2.05, 4.69) is 22.6 Å². The molecule has 1 saturated heterocycles. The first-order valence-corrected chi connectivity index (χ1v) is 8.47. The molecule has 1 atom stereocenters. The normalized spacial score (nSPS) is 18.3. The predicted octanol–water partition coefficient (Wildman–Crippen LogP) is 2.99. The number of ether oxygens (including phenoxy) is 2. The third-order valence-corrected chi connectivity index (χ3v) is 4.54. The first kappa shape index (κ1) is 18.1. The first-order chi connectivity index (χ1) is 11.0. The van der Waals surface area contributed by atoms with Gasteiger partial charge in [0.15, 0.2) is 5.11 Å². The van der Waals surface area contributed by atoms with Gasteiger partial charge in [-0.05, 0) is 44.6 Å². The van der Waals surface area contributed by atoms with Crippen molar-refractivity contribution in [2.75, 3.05) is 46.2 Å². The van der Waals surface area contributed by atoms with E-state index in [0.717, 1.165) is 18.8 Å². The highest BCUT2D eigenvalue weighted by Gasteiger charge is 2.17. The van der Waals surface area contributed by atoms with Gasteiger partial charge in [-0.15, -0.1) is 0 Å². The highest BCUT2D eigenvalue weighted by molar-refractivity contribution is 7.80. The number of halogens is 1. The zero-order valence-electron chi connectivity index (χ0n) is 13.8. The Bertz CT molecular complexity index is 556. The fraction of sp³-hybridized carbons (Fsp3) is 0.562. The number of benzene rings is 1. The van der Waals surface area contributed by atoms with E-state index >= 15 is 0 Å². The fourth-order valence-corrected chi connectivity index (χ4v) is 3.23. The number of anilines is 1. The lowest BCUT2D eigenvalue weighted by Crippen LogP contribution is -2.40. The second kappa shape index (κ2) is 8.57. The number of rotatable bonds is 5. The molecule has 2 N–H and O–H groups in total. The van der Waals surface area contributed by atoms with Gasteiger partial charge in [-0.25, -0.2) is 0 Å². The second-order valence-corrected chi connectivity index (χ2v) is 6.61. The lowest BCUT2D eigenvalue weighted by molar-refractivity contribution is 0.211. The van der Waals surface area contributed by atoms with Crippen molar-refractivity contribution in [1.82, 2.24) is 10.2 Å². The van der Waals surface area contributed by atoms with Gasteiger partial charge in [0.05, 0.1) is 24.9 Å². The van der Waals surface area contributed by atoms with Gasteiger partial charge in [0, 0.05) is 25.2 Å². The third-order valence-electron chi connectivity index (χ3n) is 4.00. The highest BCUT2D eigenvalue weighted by Crippen LogP contribution is 2.35. The largest absolute Gasteiger partial charge is 0.495 e. The molecule has 0 bridgehead atoms. The zero-order chi connectivity index (χ0) is 16.8. The van der Waals surface area contributed by atoms with Crippen molar-refractivity contribution in [1.29, 1.82) is 0 Å². The summed E-state index contributed by atoms with van der Waals surface area (Å²) in [5.74, 6) is 1.82. The molecule has 5 nitrogen and oxygen atoms in total. The molecule has 128 valence electrons. The van der Waals surface area contributed by atoms with E-state index in [9.17, 15) is 0 Å². The first-order valence-electron chi connectivity index (χ1n) is 7.68. The Morgan fingerprint density at radius 2 is 2.09 bits per heavy atom. The molecule has 23 heavy (non-hydrogen) atoms. The summed E-state index contributed by atoms with van der Waals surface area (Å²) < 4.78 is 10.6. The Balaban J connectivity index is 1.94. The van der Waals surface area contributed by atoms with Gasteiger partial charge in [0.25, 0.3) is 0 Å². The summed E-state index contributed by atoms with van der Waals surface area (Å²) in [6.45, 7) is 3.15. The molecule has 2 rings (SSSR count). The van der Waals surface area contributed by atoms with E-state index in [-0.39, 0.29) is 0 Å². The molecule has 0 amide bonds. The number of hydrogen-bond acceptors (Lipinski definition) is 4. The van der Waals surface area contributed by atoms with Crippen molar-refractivity contribution in [2.45, 2.75) is 12.8 Å². The molecule has 7 heteroatoms. The van der Waals surface area contributed by atoms with Crippen LogP contribution >= 0.6 is 23.8 Å². The van der Waals surface area contributed by atoms with Crippen LogP contribution in [0.15, 0.2) is 12.1 Å². The molecular formula is C16H24ClN3O2S. The molecule has 0 spiro atoms. The van der Waals surface area contributed by atoms with Crippen LogP contribution in [0.1, 0.15) is 12.8 Å². The lowest BCUT2D eigenvalue weighted by atomic mass is 9.99. The summed E-state index contributed by atoms with van der Waals surface area (Å²) in [6.07, 6.45) is 2.48. The fourth-order valence-electron chi connectivity index (χ4n) is 2.80. The van der Waals surface area contributed by atoms with E-state index in [4.69, 9.17) is 33.3 Å². The maximum Gasteiger partial charge on any atom is 0.170 e. The molecule has 0 saturated carbocycles. The van der Waals surface area contributed by atoms with Crippen molar-refractivity contribution in [3.63, 3.8) is 0 Å². The molecular weight excluding hydrogens is 334 g/mol. The van der Waals surface area contributed by atoms with E-state index in [1.54, 1.807) is 26.4 Å². The number of thiocarbonyl (C=S) groups is 1. The molecule has 1 heterocycles. The van der Waals surface area contributed by atoms with Crippen LogP contribution in [0, 0.1) is 5.92 Å². The van der Waals surface area contributed by atoms with E-state index in [1.807, 2.05) is 0 Å². The van der Waals surface area contributed by atoms with Crippen LogP contribution in [0.5, 0.6) is 11.5 Å². The topological polar surface area (TPSA) is 45.8 Å². The molecule has 1 aliphatic rings. The van der Waals surface area contributed by atoms with Crippen LogP contribution in [-0.2, 0) is 0 Å². The summed E-state index contributed by atoms with van der Waals surface area (Å²) in [5.41, 5.74) is 0.729. The van der Waals surface area contributed by atoms with Crippen molar-refractivity contribution in [3.05, 3.63) is 17.2 Å². The predicted molar refractivity (Wildman–Crippen MR) is 99.0 cm³/mol. The smallest absolute Gasteiger partial charge is 0.170 e. The summed E-state index contributed by atoms with van der Waals surface area (Å²) in [4.78, 5) is 2.36. The van der Waals surface area contributed by atoms with E-state index in [0.29, 0.717) is 27.6 Å². The van der Waals surface area contributed by atoms with E-state index < -0.39 is 0 Å². The van der Waals surface area contributed by atoms with Crippen LogP contribution in [-0.4, -0.2) is 50.9 Å². The lowest BCUT2D eigenvalue weighted by Gasteiger charge is -2.30. The second-order valence-electron chi connectivity index (χ2n) is 5.79. The van der Waals surface area contributed by atoms with Crippen molar-refractivity contribution < 1.29 is 9.47 Å². The van der Waals surface area contributed by atoms with Crippen LogP contribution in [0.25, 0.3) is 0 Å². The van der Waals surface area contributed by atoms with Gasteiger partial charge < -0.3 is 25.0 Å². The maximum absolute atomic E-state index is 6.11. The summed E-state index contributed by atoms with van der Waals surface area (Å²) in [5, 5.41) is 7.52. The average molecular weight is 358 g/mol. The third kappa shape index (κ3) is 5.12. The van der Waals surface area contributed by atoms with Gasteiger partial charge in [-0.3, -0.25) is 0 Å². The van der Waals surface area contributed by atoms with Gasteiger partial charge in [0.2, 0.25) is 0 Å². The molecule has 1 aromatic rings. The highest BCUT2D eigenvalue weighted by atomic mass is 35.5. The van der Waals surface area contributed by atoms with E-state index in [1.165, 1.54) is 19.4 Å².